The van der Waals surface area contributed by atoms with Gasteiger partial charge >= 0.3 is 0 Å². The summed E-state index contributed by atoms with van der Waals surface area (Å²) in [5.41, 5.74) is 14.0. The largest absolute Gasteiger partial charge is 0.507 e. The van der Waals surface area contributed by atoms with E-state index in [-0.39, 0.29) is 5.75 Å². The maximum Gasteiger partial charge on any atom is 0.141 e. The van der Waals surface area contributed by atoms with Crippen molar-refractivity contribution in [1.29, 1.82) is 0 Å². The first-order chi connectivity index (χ1) is 11.8. The van der Waals surface area contributed by atoms with Gasteiger partial charge in [0.15, 0.2) is 0 Å². The quantitative estimate of drug-likeness (QED) is 0.506. The Kier molecular flexibility index (Phi) is 5.99. The molecule has 2 aromatic rings. The van der Waals surface area contributed by atoms with Crippen LogP contribution >= 0.6 is 0 Å². The molecule has 0 aliphatic rings. The Morgan fingerprint density at radius 2 is 1.20 bits per heavy atom. The van der Waals surface area contributed by atoms with Gasteiger partial charge in [-0.1, -0.05) is 38.8 Å². The number of nitrogens with two attached hydrogens (primary N) is 1. The molecule has 25 heavy (non-hydrogen) atoms. The molecule has 136 valence electrons. The van der Waals surface area contributed by atoms with Crippen molar-refractivity contribution in [3.8, 4) is 11.5 Å². The third kappa shape index (κ3) is 3.76. The van der Waals surface area contributed by atoms with Gasteiger partial charge in [0.05, 0.1) is 5.69 Å². The zero-order chi connectivity index (χ0) is 18.7. The van der Waals surface area contributed by atoms with Gasteiger partial charge in [-0.3, -0.25) is 0 Å². The maximum atomic E-state index is 10.4. The van der Waals surface area contributed by atoms with Crippen molar-refractivity contribution in [2.24, 2.45) is 0 Å². The van der Waals surface area contributed by atoms with Crippen LogP contribution in [0.1, 0.15) is 65.6 Å². The number of hydrogen-bond donors (Lipinski definition) is 3. The fourth-order valence-electron chi connectivity index (χ4n) is 3.45. The topological polar surface area (TPSA) is 66.5 Å². The smallest absolute Gasteiger partial charge is 0.141 e. The summed E-state index contributed by atoms with van der Waals surface area (Å²) in [4.78, 5) is 0. The summed E-state index contributed by atoms with van der Waals surface area (Å²) in [5, 5.41) is 20.7. The molecule has 0 fully saturated rings. The second-order valence-electron chi connectivity index (χ2n) is 7.05. The molecule has 0 saturated carbocycles. The molecule has 0 amide bonds. The molecule has 0 heterocycles. The first-order valence-electron chi connectivity index (χ1n) is 9.22. The second kappa shape index (κ2) is 7.81. The fraction of sp³-hybridized carbons (Fsp3) is 0.455. The number of rotatable bonds is 6. The zero-order valence-electron chi connectivity index (χ0n) is 16.2. The van der Waals surface area contributed by atoms with Crippen LogP contribution in [-0.4, -0.2) is 10.2 Å². The van der Waals surface area contributed by atoms with Crippen LogP contribution in [0.5, 0.6) is 11.5 Å². The number of anilines is 1. The zero-order valence-corrected chi connectivity index (χ0v) is 16.2. The summed E-state index contributed by atoms with van der Waals surface area (Å²) in [6, 6.07) is 4.22. The van der Waals surface area contributed by atoms with Gasteiger partial charge in [-0.05, 0) is 79.0 Å². The second-order valence-corrected chi connectivity index (χ2v) is 7.05. The third-order valence-corrected chi connectivity index (χ3v) is 5.27. The number of nitrogen functional groups attached to an aromatic ring is 1. The lowest BCUT2D eigenvalue weighted by Crippen LogP contribution is -2.04. The fourth-order valence-corrected chi connectivity index (χ4v) is 3.45. The molecule has 0 aliphatic heterocycles. The van der Waals surface area contributed by atoms with Gasteiger partial charge in [-0.25, -0.2) is 0 Å². The van der Waals surface area contributed by atoms with Gasteiger partial charge in [-0.2, -0.15) is 0 Å². The average Bonchev–Trinajstić information content (AvgIpc) is 2.59. The molecule has 0 aromatic heterocycles. The molecule has 3 nitrogen and oxygen atoms in total. The molecule has 2 rings (SSSR count). The average molecular weight is 341 g/mol. The Hall–Kier alpha value is -2.16. The van der Waals surface area contributed by atoms with Crippen LogP contribution < -0.4 is 5.73 Å². The minimum absolute atomic E-state index is 0.230. The van der Waals surface area contributed by atoms with Crippen molar-refractivity contribution in [2.45, 2.75) is 66.7 Å². The normalized spacial score (nSPS) is 11.1. The highest BCUT2D eigenvalue weighted by Gasteiger charge is 2.16. The van der Waals surface area contributed by atoms with Gasteiger partial charge < -0.3 is 15.9 Å². The predicted molar refractivity (Wildman–Crippen MR) is 106 cm³/mol. The standard InChI is InChI=1S/C22H31NO2/c1-6-8-16-10-18(13(3)14(4)21(16)24)12-19-11-17(9-7-2)22(25)20(23)15(19)5/h10-11,24-25H,6-9,12,23H2,1-5H3. The van der Waals surface area contributed by atoms with Gasteiger partial charge in [0, 0.05) is 0 Å². The molecule has 0 bridgehead atoms. The molecule has 3 heteroatoms. The van der Waals surface area contributed by atoms with Crippen LogP contribution in [0, 0.1) is 20.8 Å². The third-order valence-electron chi connectivity index (χ3n) is 5.27. The maximum absolute atomic E-state index is 10.4. The number of hydrogen-bond acceptors (Lipinski definition) is 3. The molecule has 0 aliphatic carbocycles. The van der Waals surface area contributed by atoms with E-state index in [1.807, 2.05) is 13.8 Å². The van der Waals surface area contributed by atoms with E-state index in [9.17, 15) is 10.2 Å². The summed E-state index contributed by atoms with van der Waals surface area (Å²) in [6.45, 7) is 10.2. The number of phenolic OH excluding ortho intramolecular Hbond substituents is 2. The van der Waals surface area contributed by atoms with E-state index in [4.69, 9.17) is 5.73 Å². The van der Waals surface area contributed by atoms with Crippen molar-refractivity contribution >= 4 is 5.69 Å². The highest BCUT2D eigenvalue weighted by molar-refractivity contribution is 5.64. The monoisotopic (exact) mass is 341 g/mol. The minimum atomic E-state index is 0.230. The Morgan fingerprint density at radius 3 is 1.72 bits per heavy atom. The molecule has 0 unspecified atom stereocenters. The minimum Gasteiger partial charge on any atom is -0.507 e. The Morgan fingerprint density at radius 1 is 0.720 bits per heavy atom. The predicted octanol–water partition coefficient (Wildman–Crippen LogP) is 5.10. The van der Waals surface area contributed by atoms with Gasteiger partial charge in [-0.15, -0.1) is 0 Å². The lowest BCUT2D eigenvalue weighted by Gasteiger charge is -2.18. The van der Waals surface area contributed by atoms with Crippen LogP contribution in [0.2, 0.25) is 0 Å². The number of phenols is 2. The van der Waals surface area contributed by atoms with Crippen molar-refractivity contribution in [2.75, 3.05) is 5.73 Å². The van der Waals surface area contributed by atoms with Crippen LogP contribution in [0.15, 0.2) is 12.1 Å². The summed E-state index contributed by atoms with van der Waals surface area (Å²) in [7, 11) is 0. The van der Waals surface area contributed by atoms with Crippen molar-refractivity contribution in [3.63, 3.8) is 0 Å². The van der Waals surface area contributed by atoms with Crippen molar-refractivity contribution in [1.82, 2.24) is 0 Å². The molecule has 0 atom stereocenters. The Labute approximate surface area is 151 Å². The SMILES string of the molecule is CCCc1cc(Cc2cc(CCC)c(O)c(N)c2C)c(C)c(C)c1O. The van der Waals surface area contributed by atoms with Crippen LogP contribution in [0.4, 0.5) is 5.69 Å². The Balaban J connectivity index is 2.53. The molecular formula is C22H31NO2. The number of aromatic hydroxyl groups is 2. The Bertz CT molecular complexity index is 713. The molecule has 2 aromatic carbocycles. The van der Waals surface area contributed by atoms with Gasteiger partial charge in [0.1, 0.15) is 11.5 Å². The van der Waals surface area contributed by atoms with Crippen molar-refractivity contribution < 1.29 is 10.2 Å². The van der Waals surface area contributed by atoms with E-state index in [2.05, 4.69) is 32.9 Å². The molecule has 0 spiro atoms. The van der Waals surface area contributed by atoms with Crippen molar-refractivity contribution in [3.05, 3.63) is 51.1 Å². The number of benzene rings is 2. The summed E-state index contributed by atoms with van der Waals surface area (Å²) < 4.78 is 0. The summed E-state index contributed by atoms with van der Waals surface area (Å²) in [5.74, 6) is 0.657. The summed E-state index contributed by atoms with van der Waals surface area (Å²) >= 11 is 0. The highest BCUT2D eigenvalue weighted by atomic mass is 16.3. The molecule has 4 N–H and O–H groups in total. The molecular weight excluding hydrogens is 310 g/mol. The van der Waals surface area contributed by atoms with Crippen LogP contribution in [0.3, 0.4) is 0 Å². The lowest BCUT2D eigenvalue weighted by molar-refractivity contribution is 0.462. The first kappa shape index (κ1) is 19.2. The number of aryl methyl sites for hydroxylation is 2. The van der Waals surface area contributed by atoms with E-state index in [1.54, 1.807) is 0 Å². The van der Waals surface area contributed by atoms with E-state index in [0.29, 0.717) is 11.4 Å². The van der Waals surface area contributed by atoms with Gasteiger partial charge in [0.2, 0.25) is 0 Å². The lowest BCUT2D eigenvalue weighted by atomic mass is 9.89. The van der Waals surface area contributed by atoms with E-state index in [1.165, 1.54) is 5.56 Å². The van der Waals surface area contributed by atoms with E-state index >= 15 is 0 Å². The van der Waals surface area contributed by atoms with Crippen LogP contribution in [0.25, 0.3) is 0 Å². The van der Waals surface area contributed by atoms with E-state index < -0.39 is 0 Å². The van der Waals surface area contributed by atoms with Gasteiger partial charge in [0.25, 0.3) is 0 Å². The first-order valence-corrected chi connectivity index (χ1v) is 9.22. The van der Waals surface area contributed by atoms with E-state index in [0.717, 1.165) is 65.5 Å². The molecule has 0 saturated heterocycles. The molecule has 0 radical (unpaired) electrons. The highest BCUT2D eigenvalue weighted by Crippen LogP contribution is 2.35. The summed E-state index contributed by atoms with van der Waals surface area (Å²) in [6.07, 6.45) is 4.42. The van der Waals surface area contributed by atoms with Crippen LogP contribution in [-0.2, 0) is 19.3 Å².